The number of likely N-dealkylation sites (tertiary alicyclic amines) is 1. The summed E-state index contributed by atoms with van der Waals surface area (Å²) >= 11 is 0. The number of imidazole rings is 1. The van der Waals surface area contributed by atoms with Crippen LogP contribution < -0.4 is 10.5 Å². The summed E-state index contributed by atoms with van der Waals surface area (Å²) in [4.78, 5) is 30.9. The summed E-state index contributed by atoms with van der Waals surface area (Å²) in [5.41, 5.74) is 10.9. The molecule has 1 aromatic heterocycles. The van der Waals surface area contributed by atoms with Gasteiger partial charge in [-0.1, -0.05) is 36.9 Å². The number of nitrogens with zero attached hydrogens (tertiary/aromatic N) is 3. The average Bonchev–Trinajstić information content (AvgIpc) is 3.53. The minimum Gasteiger partial charge on any atom is -0.481 e. The standard InChI is InChI=1S/C36H37FN4O5Si/c1-47-33(30-13-16-45-30)35(47)41-28-18-23(36(43)44)6-9-27(28)39-31(41)19-40-14-11-20(12-15-40)24-4-2-3-21-7-10-29(46-32(21)24)25-8-5-22(34(38)42)17-26(25)37/h2-10,17-18,20,29-30,33,35,47H,11-16,19H2,1H3,(H2,38,42)(H,43,44)/t29-,30?,33?,35-,47?/m1/s1. The highest BCUT2D eigenvalue weighted by molar-refractivity contribution is 6.72. The monoisotopic (exact) mass is 652 g/mol. The van der Waals surface area contributed by atoms with E-state index in [0.29, 0.717) is 29.4 Å². The van der Waals surface area contributed by atoms with Gasteiger partial charge in [-0.3, -0.25) is 9.69 Å². The molecule has 3 fully saturated rings. The molecule has 5 atom stereocenters. The number of primary amides is 1. The number of benzene rings is 3. The maximum Gasteiger partial charge on any atom is 0.335 e. The molecule has 242 valence electrons. The van der Waals surface area contributed by atoms with Crippen LogP contribution in [0.4, 0.5) is 4.39 Å². The molecule has 4 aliphatic heterocycles. The van der Waals surface area contributed by atoms with Crippen molar-refractivity contribution in [3.63, 3.8) is 0 Å². The number of nitrogens with two attached hydrogens (primary N) is 1. The Morgan fingerprint density at radius 2 is 1.85 bits per heavy atom. The van der Waals surface area contributed by atoms with E-state index in [1.165, 1.54) is 12.1 Å². The van der Waals surface area contributed by atoms with Crippen LogP contribution in [-0.4, -0.2) is 66.0 Å². The van der Waals surface area contributed by atoms with Gasteiger partial charge in [0.15, 0.2) is 0 Å². The first-order chi connectivity index (χ1) is 22.8. The first-order valence-electron chi connectivity index (χ1n) is 16.4. The van der Waals surface area contributed by atoms with Crippen molar-refractivity contribution in [3.8, 4) is 5.75 Å². The lowest BCUT2D eigenvalue weighted by Gasteiger charge is -2.34. The van der Waals surface area contributed by atoms with Crippen LogP contribution in [0.2, 0.25) is 12.1 Å². The Bertz CT molecular complexity index is 1930. The van der Waals surface area contributed by atoms with E-state index >= 15 is 0 Å². The summed E-state index contributed by atoms with van der Waals surface area (Å²) in [7, 11) is -1.10. The molecule has 9 nitrogen and oxygen atoms in total. The van der Waals surface area contributed by atoms with Crippen molar-refractivity contribution in [2.75, 3.05) is 19.7 Å². The van der Waals surface area contributed by atoms with Crippen LogP contribution in [0.25, 0.3) is 17.1 Å². The number of ether oxygens (including phenoxy) is 2. The highest BCUT2D eigenvalue weighted by atomic mass is 28.3. The van der Waals surface area contributed by atoms with E-state index < -0.39 is 32.6 Å². The van der Waals surface area contributed by atoms with E-state index in [9.17, 15) is 19.1 Å². The highest BCUT2D eigenvalue weighted by Crippen LogP contribution is 2.55. The number of carbonyl (C=O) groups excluding carboxylic acids is 1. The summed E-state index contributed by atoms with van der Waals surface area (Å²) in [6.45, 7) is 5.69. The summed E-state index contributed by atoms with van der Waals surface area (Å²) in [5.74, 6) is -0.0536. The Morgan fingerprint density at radius 3 is 2.55 bits per heavy atom. The van der Waals surface area contributed by atoms with E-state index in [1.54, 1.807) is 18.2 Å². The van der Waals surface area contributed by atoms with E-state index in [0.717, 1.165) is 72.7 Å². The second kappa shape index (κ2) is 11.7. The molecule has 3 unspecified atom stereocenters. The zero-order chi connectivity index (χ0) is 32.4. The van der Waals surface area contributed by atoms with Gasteiger partial charge in [-0.25, -0.2) is 14.2 Å². The SMILES string of the molecule is C[SiH]1C(C2CCO2)[C@@H]1n1c(CN2CCC(c3cccc4c3O[C@@H](c3ccc(C(N)=O)cc3F)C=C4)CC2)nc2ccc(C(=O)O)cc21. The van der Waals surface area contributed by atoms with E-state index in [2.05, 4.69) is 22.1 Å². The van der Waals surface area contributed by atoms with Crippen LogP contribution in [0.15, 0.2) is 60.7 Å². The normalized spacial score (nSPS) is 25.6. The number of halogens is 1. The molecule has 0 aliphatic carbocycles. The Balaban J connectivity index is 1.01. The Hall–Kier alpha value is -4.32. The first-order valence-corrected chi connectivity index (χ1v) is 18.9. The zero-order valence-electron chi connectivity index (χ0n) is 26.1. The summed E-state index contributed by atoms with van der Waals surface area (Å²) in [6.07, 6.45) is 6.52. The summed E-state index contributed by atoms with van der Waals surface area (Å²) in [5, 5.41) is 9.71. The molecule has 0 spiro atoms. The number of rotatable bonds is 8. The maximum absolute atomic E-state index is 15.0. The second-order valence-corrected chi connectivity index (χ2v) is 16.5. The number of piperidine rings is 1. The third-order valence-corrected chi connectivity index (χ3v) is 14.0. The molecule has 3 N–H and O–H groups in total. The average molecular weight is 653 g/mol. The van der Waals surface area contributed by atoms with Gasteiger partial charge in [0.05, 0.1) is 38.0 Å². The third-order valence-electron chi connectivity index (χ3n) is 10.6. The third kappa shape index (κ3) is 5.36. The fraction of sp³-hybridized carbons (Fsp3) is 0.361. The highest BCUT2D eigenvalue weighted by Gasteiger charge is 2.56. The number of para-hydroxylation sites is 1. The topological polar surface area (TPSA) is 120 Å². The fourth-order valence-electron chi connectivity index (χ4n) is 7.92. The molecule has 0 radical (unpaired) electrons. The van der Waals surface area contributed by atoms with E-state index in [4.69, 9.17) is 20.2 Å². The number of hydrogen-bond donors (Lipinski definition) is 2. The van der Waals surface area contributed by atoms with Crippen LogP contribution in [0.1, 0.15) is 80.2 Å². The minimum absolute atomic E-state index is 0.125. The lowest BCUT2D eigenvalue weighted by Crippen LogP contribution is -2.33. The van der Waals surface area contributed by atoms with E-state index in [1.807, 2.05) is 30.4 Å². The maximum atomic E-state index is 15.0. The molecular formula is C36H37FN4O5Si. The lowest BCUT2D eigenvalue weighted by atomic mass is 9.87. The molecule has 4 aromatic rings. The second-order valence-electron chi connectivity index (χ2n) is 13.3. The summed E-state index contributed by atoms with van der Waals surface area (Å²) in [6, 6.07) is 15.7. The van der Waals surface area contributed by atoms with Gasteiger partial charge in [0, 0.05) is 29.0 Å². The van der Waals surface area contributed by atoms with Crippen molar-refractivity contribution < 1.29 is 28.6 Å². The van der Waals surface area contributed by atoms with Crippen LogP contribution in [0.3, 0.4) is 0 Å². The van der Waals surface area contributed by atoms with Crippen LogP contribution in [0, 0.1) is 5.82 Å². The molecule has 8 rings (SSSR count). The van der Waals surface area contributed by atoms with Gasteiger partial charge >= 0.3 is 5.97 Å². The predicted molar refractivity (Wildman–Crippen MR) is 178 cm³/mol. The number of carbonyl (C=O) groups is 2. The van der Waals surface area contributed by atoms with Crippen LogP contribution in [0.5, 0.6) is 5.75 Å². The number of aromatic carboxylic acids is 1. The van der Waals surface area contributed by atoms with Gasteiger partial charge in [0.1, 0.15) is 23.5 Å². The molecule has 11 heteroatoms. The number of fused-ring (bicyclic) bond motifs is 2. The Morgan fingerprint density at radius 1 is 1.06 bits per heavy atom. The molecule has 5 heterocycles. The van der Waals surface area contributed by atoms with Gasteiger partial charge in [-0.15, -0.1) is 0 Å². The van der Waals surface area contributed by atoms with Gasteiger partial charge in [-0.05, 0) is 85.8 Å². The number of carboxylic acids is 1. The van der Waals surface area contributed by atoms with Crippen LogP contribution >= 0.6 is 0 Å². The fourth-order valence-corrected chi connectivity index (χ4v) is 11.7. The molecule has 3 saturated heterocycles. The van der Waals surface area contributed by atoms with E-state index in [-0.39, 0.29) is 17.0 Å². The predicted octanol–water partition coefficient (Wildman–Crippen LogP) is 5.61. The van der Waals surface area contributed by atoms with Crippen molar-refractivity contribution in [1.82, 2.24) is 14.5 Å². The smallest absolute Gasteiger partial charge is 0.335 e. The number of aromatic nitrogens is 2. The van der Waals surface area contributed by atoms with Gasteiger partial charge in [-0.2, -0.15) is 0 Å². The van der Waals surface area contributed by atoms with Gasteiger partial charge in [0.2, 0.25) is 5.91 Å². The summed E-state index contributed by atoms with van der Waals surface area (Å²) < 4.78 is 29.7. The first kappa shape index (κ1) is 30.0. The number of carboxylic acid groups (broad SMARTS) is 1. The van der Waals surface area contributed by atoms with Crippen molar-refractivity contribution in [2.24, 2.45) is 5.73 Å². The van der Waals surface area contributed by atoms with Crippen molar-refractivity contribution >= 4 is 37.8 Å². The number of amides is 1. The Kier molecular flexibility index (Phi) is 7.50. The molecule has 47 heavy (non-hydrogen) atoms. The Labute approximate surface area is 273 Å². The largest absolute Gasteiger partial charge is 0.481 e. The molecular weight excluding hydrogens is 616 g/mol. The molecule has 0 bridgehead atoms. The van der Waals surface area contributed by atoms with Gasteiger partial charge < -0.3 is 24.9 Å². The zero-order valence-corrected chi connectivity index (χ0v) is 27.3. The minimum atomic E-state index is -1.10. The number of hydrogen-bond acceptors (Lipinski definition) is 6. The van der Waals surface area contributed by atoms with Crippen LogP contribution in [-0.2, 0) is 11.3 Å². The molecule has 4 aliphatic rings. The molecule has 3 aromatic carbocycles. The van der Waals surface area contributed by atoms with Crippen molar-refractivity contribution in [3.05, 3.63) is 100 Å². The van der Waals surface area contributed by atoms with Crippen molar-refractivity contribution in [2.45, 2.75) is 61.7 Å². The molecule has 1 amide bonds. The van der Waals surface area contributed by atoms with Gasteiger partial charge in [0.25, 0.3) is 0 Å². The lowest BCUT2D eigenvalue weighted by molar-refractivity contribution is -0.0496. The molecule has 0 saturated carbocycles. The van der Waals surface area contributed by atoms with Crippen molar-refractivity contribution in [1.29, 1.82) is 0 Å². The quantitative estimate of drug-likeness (QED) is 0.238.